The number of carbonyl (C=O) groups excluding carboxylic acids is 4. The Balaban J connectivity index is 1.25. The maximum Gasteiger partial charge on any atom is 0.329 e. The predicted octanol–water partition coefficient (Wildman–Crippen LogP) is 7.53. The van der Waals surface area contributed by atoms with E-state index in [0.717, 1.165) is 27.2 Å². The lowest BCUT2D eigenvalue weighted by atomic mass is 9.64. The van der Waals surface area contributed by atoms with Gasteiger partial charge in [0.05, 0.1) is 57.2 Å². The van der Waals surface area contributed by atoms with E-state index in [-0.39, 0.29) is 45.0 Å². The van der Waals surface area contributed by atoms with Gasteiger partial charge in [-0.25, -0.2) is 9.69 Å². The van der Waals surface area contributed by atoms with Gasteiger partial charge in [-0.05, 0) is 94.8 Å². The number of hydrogen-bond donors (Lipinski definition) is 3. The first-order valence-electron chi connectivity index (χ1n) is 24.5. The highest BCUT2D eigenvalue weighted by Gasteiger charge is 2.76. The summed E-state index contributed by atoms with van der Waals surface area (Å²) < 4.78 is 23.9. The molecule has 0 aliphatic carbocycles. The molecule has 0 radical (unpaired) electrons. The van der Waals surface area contributed by atoms with Crippen LogP contribution in [0, 0.1) is 17.8 Å². The molecule has 14 heteroatoms. The van der Waals surface area contributed by atoms with Crippen LogP contribution in [-0.2, 0) is 37.5 Å². The monoisotopic (exact) mass is 980 g/mol. The molecule has 2 saturated heterocycles. The molecule has 4 heterocycles. The number of benzene rings is 6. The highest BCUT2D eigenvalue weighted by atomic mass is 16.6. The Kier molecular flexibility index (Phi) is 13.8. The molecule has 10 rings (SSSR count). The number of hydrogen-bond acceptors (Lipinski definition) is 11. The van der Waals surface area contributed by atoms with Crippen molar-refractivity contribution in [2.24, 2.45) is 5.92 Å². The molecule has 0 bridgehead atoms. The minimum atomic E-state index is -2.03. The van der Waals surface area contributed by atoms with E-state index in [1.807, 2.05) is 127 Å². The molecule has 4 aliphatic heterocycles. The molecule has 14 nitrogen and oxygen atoms in total. The summed E-state index contributed by atoms with van der Waals surface area (Å²) in [6, 6.07) is 39.9. The molecular formula is C59H56N4O10. The molecule has 1 spiro atoms. The van der Waals surface area contributed by atoms with Crippen molar-refractivity contribution < 1.29 is 48.3 Å². The Morgan fingerprint density at radius 2 is 1.44 bits per heavy atom. The molecular weight excluding hydrogens is 925 g/mol. The van der Waals surface area contributed by atoms with E-state index < -0.39 is 65.4 Å². The zero-order chi connectivity index (χ0) is 50.8. The van der Waals surface area contributed by atoms with Crippen LogP contribution >= 0.6 is 0 Å². The predicted molar refractivity (Wildman–Crippen MR) is 272 cm³/mol. The summed E-state index contributed by atoms with van der Waals surface area (Å²) in [6.45, 7) is 1.83. The number of rotatable bonds is 12. The second-order valence-corrected chi connectivity index (χ2v) is 18.6. The highest BCUT2D eigenvalue weighted by Crippen LogP contribution is 2.66. The second kappa shape index (κ2) is 20.6. The van der Waals surface area contributed by atoms with E-state index in [4.69, 9.17) is 18.9 Å². The normalized spacial score (nSPS) is 22.3. The lowest BCUT2D eigenvalue weighted by Crippen LogP contribution is -2.57. The van der Waals surface area contributed by atoms with E-state index in [1.54, 1.807) is 49.5 Å². The number of esters is 1. The number of imide groups is 1. The minimum absolute atomic E-state index is 0.0349. The van der Waals surface area contributed by atoms with Crippen molar-refractivity contribution in [3.05, 3.63) is 190 Å². The third kappa shape index (κ3) is 8.63. The molecule has 73 heavy (non-hydrogen) atoms. The van der Waals surface area contributed by atoms with Crippen molar-refractivity contribution in [2.75, 3.05) is 45.5 Å². The molecule has 0 unspecified atom stereocenters. The van der Waals surface area contributed by atoms with Crippen molar-refractivity contribution in [1.29, 1.82) is 0 Å². The van der Waals surface area contributed by atoms with Crippen molar-refractivity contribution in [2.45, 2.75) is 62.0 Å². The van der Waals surface area contributed by atoms with Gasteiger partial charge in [-0.3, -0.25) is 19.3 Å². The lowest BCUT2D eigenvalue weighted by molar-refractivity contribution is -0.179. The van der Waals surface area contributed by atoms with Crippen LogP contribution in [0.25, 0.3) is 0 Å². The Morgan fingerprint density at radius 1 is 0.781 bits per heavy atom. The standard InChI is InChI=1S/C59H56N4O10/c1-37(39-16-7-4-8-17-39)60-58(69)62-47-27-22-38(15-13-14-30-64)33-46(47)59(57(62)68)50(55(66)61-29-28-43-34-48(70-2)49(71-3)35-44(43)36-61)52-56(67)73-53(41-20-11-6-12-21-41)51(40-18-9-5-10-19-40)63(52)54(59)42-23-25-45(26-24-42)72-32-31-65/h4-12,16-27,33-35,37,50-54,64-65H,14,28-32,36H2,1-3H3,(H,60,69)/t37-,50-,51-,52-,53+,54+,59-/m1/s1. The van der Waals surface area contributed by atoms with E-state index in [0.29, 0.717) is 45.9 Å². The lowest BCUT2D eigenvalue weighted by Gasteiger charge is -2.46. The van der Waals surface area contributed by atoms with Gasteiger partial charge in [0.25, 0.3) is 0 Å². The molecule has 7 atom stereocenters. The van der Waals surface area contributed by atoms with E-state index in [9.17, 15) is 10.2 Å². The number of nitrogens with zero attached hydrogens (tertiary/aromatic N) is 3. The van der Waals surface area contributed by atoms with E-state index >= 15 is 19.2 Å². The number of urea groups is 1. The molecule has 0 aromatic heterocycles. The molecule has 4 aliphatic rings. The van der Waals surface area contributed by atoms with Crippen LogP contribution < -0.4 is 24.4 Å². The minimum Gasteiger partial charge on any atom is -0.493 e. The molecule has 3 N–H and O–H groups in total. The fourth-order valence-corrected chi connectivity index (χ4v) is 11.4. The van der Waals surface area contributed by atoms with Gasteiger partial charge in [-0.1, -0.05) is 115 Å². The van der Waals surface area contributed by atoms with Gasteiger partial charge < -0.3 is 39.4 Å². The van der Waals surface area contributed by atoms with Gasteiger partial charge in [0.15, 0.2) is 11.5 Å². The molecule has 0 saturated carbocycles. The van der Waals surface area contributed by atoms with Gasteiger partial charge in [0.1, 0.15) is 29.9 Å². The highest BCUT2D eigenvalue weighted by molar-refractivity contribution is 6.24. The zero-order valence-electron chi connectivity index (χ0n) is 40.8. The third-order valence-electron chi connectivity index (χ3n) is 14.6. The van der Waals surface area contributed by atoms with E-state index in [2.05, 4.69) is 17.2 Å². The van der Waals surface area contributed by atoms with Crippen LogP contribution in [0.5, 0.6) is 17.2 Å². The maximum atomic E-state index is 16.9. The Morgan fingerprint density at radius 3 is 2.10 bits per heavy atom. The third-order valence-corrected chi connectivity index (χ3v) is 14.6. The Hall–Kier alpha value is -7.96. The average Bonchev–Trinajstić information content (AvgIpc) is 3.89. The largest absolute Gasteiger partial charge is 0.493 e. The number of cyclic esters (lactones) is 1. The number of nitrogens with one attached hydrogen (secondary N) is 1. The van der Waals surface area contributed by atoms with Crippen LogP contribution in [-0.4, -0.2) is 90.5 Å². The number of ether oxygens (including phenoxy) is 4. The first-order chi connectivity index (χ1) is 35.6. The van der Waals surface area contributed by atoms with Crippen LogP contribution in [0.2, 0.25) is 0 Å². The Labute approximate surface area is 424 Å². The van der Waals surface area contributed by atoms with Crippen LogP contribution in [0.4, 0.5) is 10.5 Å². The van der Waals surface area contributed by atoms with E-state index in [1.165, 1.54) is 0 Å². The quantitative estimate of drug-likeness (QED) is 0.0820. The number of fused-ring (bicyclic) bond motifs is 4. The van der Waals surface area contributed by atoms with Crippen molar-refractivity contribution in [3.8, 4) is 29.1 Å². The zero-order valence-corrected chi connectivity index (χ0v) is 40.8. The number of aliphatic hydroxyl groups excluding tert-OH is 2. The summed E-state index contributed by atoms with van der Waals surface area (Å²) in [5.41, 5.74) is 3.59. The number of aliphatic hydroxyl groups is 2. The molecule has 2 fully saturated rings. The first-order valence-corrected chi connectivity index (χ1v) is 24.5. The topological polar surface area (TPSA) is 167 Å². The van der Waals surface area contributed by atoms with Gasteiger partial charge in [-0.15, -0.1) is 0 Å². The average molecular weight is 981 g/mol. The number of amides is 4. The van der Waals surface area contributed by atoms with Gasteiger partial charge >= 0.3 is 12.0 Å². The smallest absolute Gasteiger partial charge is 0.329 e. The number of anilines is 1. The summed E-state index contributed by atoms with van der Waals surface area (Å²) in [6.07, 6.45) is -0.312. The molecule has 6 aromatic carbocycles. The van der Waals surface area contributed by atoms with Crippen molar-refractivity contribution >= 4 is 29.5 Å². The molecule has 4 amide bonds. The number of carbonyl (C=O) groups is 4. The van der Waals surface area contributed by atoms with Crippen molar-refractivity contribution in [1.82, 2.24) is 15.1 Å². The summed E-state index contributed by atoms with van der Waals surface area (Å²) in [4.78, 5) is 69.2. The molecule has 372 valence electrons. The van der Waals surface area contributed by atoms with Gasteiger partial charge in [0, 0.05) is 25.1 Å². The van der Waals surface area contributed by atoms with Gasteiger partial charge in [-0.2, -0.15) is 0 Å². The SMILES string of the molecule is COc1cc2c(cc1OC)CN(C(=O)[C@H]1[C@@H]3C(=O)O[C@@H](c4ccccc4)[C@@H](c4ccccc4)N3[C@@H](c3ccc(OCCO)cc3)[C@]13C(=O)N(C(=O)N[C@H](C)c1ccccc1)c1ccc(C#CCCO)cc13)CC2. The summed E-state index contributed by atoms with van der Waals surface area (Å²) in [5, 5.41) is 22.5. The number of morpholine rings is 1. The maximum absolute atomic E-state index is 16.9. The number of methoxy groups -OCH3 is 2. The first kappa shape index (κ1) is 48.7. The van der Waals surface area contributed by atoms with Crippen molar-refractivity contribution in [3.63, 3.8) is 0 Å². The summed E-state index contributed by atoms with van der Waals surface area (Å²) in [7, 11) is 3.12. The van der Waals surface area contributed by atoms with Crippen LogP contribution in [0.15, 0.2) is 146 Å². The summed E-state index contributed by atoms with van der Waals surface area (Å²) >= 11 is 0. The van der Waals surface area contributed by atoms with Gasteiger partial charge in [0.2, 0.25) is 11.8 Å². The fourth-order valence-electron chi connectivity index (χ4n) is 11.4. The van der Waals surface area contributed by atoms with Crippen LogP contribution in [0.3, 0.4) is 0 Å². The fraction of sp³-hybridized carbons (Fsp3) is 0.288. The van der Waals surface area contributed by atoms with Crippen LogP contribution in [0.1, 0.15) is 82.1 Å². The summed E-state index contributed by atoms with van der Waals surface area (Å²) in [5.74, 6) is 4.24. The second-order valence-electron chi connectivity index (χ2n) is 18.6. The molecule has 6 aromatic rings. The Bertz CT molecular complexity index is 3090.